The molecular weight excluding hydrogens is 164 g/mol. The molecule has 1 atom stereocenters. The van der Waals surface area contributed by atoms with Gasteiger partial charge < -0.3 is 4.74 Å². The summed E-state index contributed by atoms with van der Waals surface area (Å²) >= 11 is 0. The van der Waals surface area contributed by atoms with Crippen molar-refractivity contribution in [1.29, 1.82) is 0 Å². The third kappa shape index (κ3) is 2.31. The van der Waals surface area contributed by atoms with E-state index in [1.165, 1.54) is 12.1 Å². The molecule has 0 saturated carbocycles. The maximum atomic E-state index is 11.7. The lowest BCUT2D eigenvalue weighted by Crippen LogP contribution is -2.13. The first kappa shape index (κ1) is 4.80. The van der Waals surface area contributed by atoms with Gasteiger partial charge in [-0.05, 0) is 11.9 Å². The van der Waals surface area contributed by atoms with Crippen LogP contribution in [0.1, 0.15) is 31.6 Å². The number of methoxy groups -OCH3 is 1. The SMILES string of the molecule is [2H]C([2H])([2H])C([2H])([2H])C(C(=O)OC)c1ccccc1. The van der Waals surface area contributed by atoms with E-state index in [-0.39, 0.29) is 5.56 Å². The van der Waals surface area contributed by atoms with Crippen molar-refractivity contribution in [1.82, 2.24) is 0 Å². The highest BCUT2D eigenvalue weighted by Gasteiger charge is 2.18. The lowest BCUT2D eigenvalue weighted by atomic mass is 9.97. The predicted octanol–water partition coefficient (Wildman–Crippen LogP) is 2.35. The van der Waals surface area contributed by atoms with Gasteiger partial charge in [-0.15, -0.1) is 0 Å². The maximum absolute atomic E-state index is 11.7. The van der Waals surface area contributed by atoms with E-state index in [9.17, 15) is 4.79 Å². The van der Waals surface area contributed by atoms with Crippen LogP contribution in [0.3, 0.4) is 0 Å². The molecule has 0 aromatic heterocycles. The van der Waals surface area contributed by atoms with E-state index in [1.807, 2.05) is 0 Å². The fraction of sp³-hybridized carbons (Fsp3) is 0.364. The quantitative estimate of drug-likeness (QED) is 0.672. The normalized spacial score (nSPS) is 19.9. The summed E-state index contributed by atoms with van der Waals surface area (Å²) in [5.41, 5.74) is 0.283. The summed E-state index contributed by atoms with van der Waals surface area (Å²) in [5, 5.41) is 0. The van der Waals surface area contributed by atoms with Crippen LogP contribution >= 0.6 is 0 Å². The Morgan fingerprint density at radius 3 is 2.85 bits per heavy atom. The van der Waals surface area contributed by atoms with Crippen LogP contribution < -0.4 is 0 Å². The zero-order valence-corrected chi connectivity index (χ0v) is 7.28. The lowest BCUT2D eigenvalue weighted by molar-refractivity contribution is -0.142. The molecule has 1 aromatic rings. The van der Waals surface area contributed by atoms with E-state index in [0.717, 1.165) is 7.11 Å². The molecule has 0 aliphatic carbocycles. The van der Waals surface area contributed by atoms with Crippen LogP contribution in [-0.4, -0.2) is 13.1 Å². The lowest BCUT2D eigenvalue weighted by Gasteiger charge is -2.11. The number of carbonyl (C=O) groups excluding carboxylic acids is 1. The Kier molecular flexibility index (Phi) is 1.72. The van der Waals surface area contributed by atoms with Gasteiger partial charge in [0.2, 0.25) is 0 Å². The summed E-state index contributed by atoms with van der Waals surface area (Å²) in [6, 6.07) is 7.93. The van der Waals surface area contributed by atoms with E-state index >= 15 is 0 Å². The van der Waals surface area contributed by atoms with Crippen LogP contribution in [0.15, 0.2) is 30.3 Å². The molecule has 0 N–H and O–H groups in total. The van der Waals surface area contributed by atoms with Crippen molar-refractivity contribution in [3.63, 3.8) is 0 Å². The van der Waals surface area contributed by atoms with E-state index in [4.69, 9.17) is 6.85 Å². The van der Waals surface area contributed by atoms with Gasteiger partial charge >= 0.3 is 5.97 Å². The molecule has 0 aliphatic heterocycles. The zero-order chi connectivity index (χ0) is 14.0. The molecule has 0 fully saturated rings. The maximum Gasteiger partial charge on any atom is 0.313 e. The van der Waals surface area contributed by atoms with Gasteiger partial charge in [-0.1, -0.05) is 37.2 Å². The Hall–Kier alpha value is -1.31. The van der Waals surface area contributed by atoms with Crippen molar-refractivity contribution in [2.45, 2.75) is 19.1 Å². The van der Waals surface area contributed by atoms with Crippen molar-refractivity contribution in [3.05, 3.63) is 35.9 Å². The zero-order valence-electron chi connectivity index (χ0n) is 12.3. The fourth-order valence-corrected chi connectivity index (χ4v) is 1.04. The molecule has 70 valence electrons. The molecule has 1 unspecified atom stereocenters. The molecule has 13 heavy (non-hydrogen) atoms. The monoisotopic (exact) mass is 183 g/mol. The van der Waals surface area contributed by atoms with Crippen LogP contribution in [0.2, 0.25) is 0 Å². The second kappa shape index (κ2) is 4.65. The largest absolute Gasteiger partial charge is 0.469 e. The molecular formula is C11H14O2. The molecule has 0 bridgehead atoms. The first-order valence-electron chi connectivity index (χ1n) is 6.34. The van der Waals surface area contributed by atoms with Gasteiger partial charge in [-0.25, -0.2) is 0 Å². The number of benzene rings is 1. The molecule has 0 radical (unpaired) electrons. The average molecular weight is 183 g/mol. The van der Waals surface area contributed by atoms with Crippen LogP contribution in [0, 0.1) is 0 Å². The minimum Gasteiger partial charge on any atom is -0.469 e. The number of hydrogen-bond acceptors (Lipinski definition) is 2. The molecule has 0 aliphatic rings. The van der Waals surface area contributed by atoms with Gasteiger partial charge in [0.05, 0.1) is 13.0 Å². The molecule has 0 amide bonds. The van der Waals surface area contributed by atoms with Gasteiger partial charge in [0.25, 0.3) is 0 Å². The first-order chi connectivity index (χ1) is 8.21. The van der Waals surface area contributed by atoms with Crippen molar-refractivity contribution in [2.75, 3.05) is 7.11 Å². The van der Waals surface area contributed by atoms with Crippen molar-refractivity contribution < 1.29 is 16.4 Å². The van der Waals surface area contributed by atoms with Gasteiger partial charge in [0, 0.05) is 6.85 Å². The molecule has 0 heterocycles. The Morgan fingerprint density at radius 2 is 2.31 bits per heavy atom. The van der Waals surface area contributed by atoms with Crippen LogP contribution in [0.4, 0.5) is 0 Å². The second-order valence-corrected chi connectivity index (χ2v) is 2.51. The Balaban J connectivity index is 3.28. The Labute approximate surface area is 85.6 Å². The summed E-state index contributed by atoms with van der Waals surface area (Å²) in [6.07, 6.45) is -2.69. The van der Waals surface area contributed by atoms with E-state index < -0.39 is 25.1 Å². The molecule has 0 spiro atoms. The molecule has 1 aromatic carbocycles. The highest BCUT2D eigenvalue weighted by molar-refractivity contribution is 5.77. The summed E-state index contributed by atoms with van der Waals surface area (Å²) < 4.78 is 41.6. The van der Waals surface area contributed by atoms with Crippen molar-refractivity contribution in [3.8, 4) is 0 Å². The molecule has 0 saturated heterocycles. The smallest absolute Gasteiger partial charge is 0.313 e. The van der Waals surface area contributed by atoms with Gasteiger partial charge in [-0.2, -0.15) is 0 Å². The van der Waals surface area contributed by atoms with Crippen molar-refractivity contribution in [2.24, 2.45) is 0 Å². The Morgan fingerprint density at radius 1 is 1.62 bits per heavy atom. The van der Waals surface area contributed by atoms with E-state index in [2.05, 4.69) is 4.74 Å². The standard InChI is InChI=1S/C11H14O2/c1-3-10(11(12)13-2)9-7-5-4-6-8-9/h4-8,10H,3H2,1-2H3/i1D3,3D2. The summed E-state index contributed by atoms with van der Waals surface area (Å²) in [7, 11) is 1.11. The number of ether oxygens (including phenoxy) is 1. The molecule has 2 nitrogen and oxygen atoms in total. The van der Waals surface area contributed by atoms with Gasteiger partial charge in [-0.3, -0.25) is 4.79 Å². The van der Waals surface area contributed by atoms with Crippen LogP contribution in [0.5, 0.6) is 0 Å². The molecule has 2 heteroatoms. The number of esters is 1. The highest BCUT2D eigenvalue weighted by atomic mass is 16.5. The van der Waals surface area contributed by atoms with Crippen LogP contribution in [-0.2, 0) is 9.53 Å². The third-order valence-electron chi connectivity index (χ3n) is 1.71. The Bertz CT molecular complexity index is 413. The highest BCUT2D eigenvalue weighted by Crippen LogP contribution is 2.19. The van der Waals surface area contributed by atoms with Gasteiger partial charge in [0.15, 0.2) is 0 Å². The second-order valence-electron chi connectivity index (χ2n) is 2.51. The fourth-order valence-electron chi connectivity index (χ4n) is 1.04. The minimum atomic E-state index is -2.91. The minimum absolute atomic E-state index is 0.283. The number of rotatable bonds is 3. The number of carbonyl (C=O) groups is 1. The summed E-state index contributed by atoms with van der Waals surface area (Å²) in [5.74, 6) is -2.38. The first-order valence-corrected chi connectivity index (χ1v) is 3.84. The average Bonchev–Trinajstić information content (AvgIpc) is 2.28. The van der Waals surface area contributed by atoms with E-state index in [0.29, 0.717) is 0 Å². The predicted molar refractivity (Wildman–Crippen MR) is 51.5 cm³/mol. The van der Waals surface area contributed by atoms with Crippen LogP contribution in [0.25, 0.3) is 0 Å². The van der Waals surface area contributed by atoms with Crippen molar-refractivity contribution >= 4 is 5.97 Å². The summed E-state index contributed by atoms with van der Waals surface area (Å²) in [4.78, 5) is 11.7. The third-order valence-corrected chi connectivity index (χ3v) is 1.71. The van der Waals surface area contributed by atoms with Gasteiger partial charge in [0.1, 0.15) is 0 Å². The van der Waals surface area contributed by atoms with E-state index in [1.54, 1.807) is 18.2 Å². The summed E-state index contributed by atoms with van der Waals surface area (Å²) in [6.45, 7) is -2.91. The number of hydrogen-bond donors (Lipinski definition) is 0. The molecule has 1 rings (SSSR count). The topological polar surface area (TPSA) is 26.3 Å².